The molecule has 0 heterocycles. The highest BCUT2D eigenvalue weighted by molar-refractivity contribution is 5.77. The predicted octanol–water partition coefficient (Wildman–Crippen LogP) is -0.0972. The molecule has 0 spiro atoms. The number of rotatable bonds is 6. The van der Waals surface area contributed by atoms with Crippen LogP contribution in [0.15, 0.2) is 0 Å². The van der Waals surface area contributed by atoms with Crippen LogP contribution in [0.3, 0.4) is 0 Å². The zero-order valence-corrected chi connectivity index (χ0v) is 8.86. The molecule has 14 heavy (non-hydrogen) atoms. The third kappa shape index (κ3) is 3.74. The molecule has 0 fully saturated rings. The average Bonchev–Trinajstić information content (AvgIpc) is 2.04. The normalized spacial score (nSPS) is 15.1. The van der Waals surface area contributed by atoms with E-state index in [9.17, 15) is 9.59 Å². The molecule has 0 aliphatic heterocycles. The molecule has 0 rings (SSSR count). The van der Waals surface area contributed by atoms with Gasteiger partial charge in [-0.25, -0.2) is 0 Å². The fourth-order valence-corrected chi connectivity index (χ4v) is 1.32. The van der Waals surface area contributed by atoms with Crippen LogP contribution in [-0.2, 0) is 9.59 Å². The van der Waals surface area contributed by atoms with Gasteiger partial charge >= 0.3 is 5.97 Å². The lowest BCUT2D eigenvalue weighted by molar-refractivity contribution is -0.143. The Morgan fingerprint density at radius 1 is 1.50 bits per heavy atom. The highest BCUT2D eigenvalue weighted by atomic mass is 16.4. The Balaban J connectivity index is 4.23. The van der Waals surface area contributed by atoms with Crippen molar-refractivity contribution in [3.8, 4) is 0 Å². The molecule has 2 unspecified atom stereocenters. The largest absolute Gasteiger partial charge is 0.480 e. The number of aliphatic carboxylic acids is 1. The lowest BCUT2D eigenvalue weighted by Crippen LogP contribution is -2.42. The second kappa shape index (κ2) is 5.59. The van der Waals surface area contributed by atoms with Crippen LogP contribution >= 0.6 is 0 Å². The molecule has 3 N–H and O–H groups in total. The smallest absolute Gasteiger partial charge is 0.320 e. The van der Waals surface area contributed by atoms with Gasteiger partial charge in [-0.15, -0.1) is 0 Å². The number of hydrogen-bond acceptors (Lipinski definition) is 3. The van der Waals surface area contributed by atoms with E-state index in [2.05, 4.69) is 0 Å². The van der Waals surface area contributed by atoms with Gasteiger partial charge < -0.3 is 10.8 Å². The molecule has 82 valence electrons. The number of hydrogen-bond donors (Lipinski definition) is 2. The Hall–Kier alpha value is -1.10. The Morgan fingerprint density at radius 3 is 2.29 bits per heavy atom. The van der Waals surface area contributed by atoms with Gasteiger partial charge in [-0.2, -0.15) is 0 Å². The molecule has 2 atom stereocenters. The summed E-state index contributed by atoms with van der Waals surface area (Å²) in [6.07, 6.45) is 0.511. The summed E-state index contributed by atoms with van der Waals surface area (Å²) in [5.74, 6) is -1.60. The van der Waals surface area contributed by atoms with E-state index < -0.39 is 17.9 Å². The summed E-state index contributed by atoms with van der Waals surface area (Å²) >= 11 is 0. The van der Waals surface area contributed by atoms with Crippen molar-refractivity contribution >= 4 is 11.9 Å². The molecule has 0 aliphatic carbocycles. The van der Waals surface area contributed by atoms with E-state index in [0.717, 1.165) is 0 Å². The second-order valence-corrected chi connectivity index (χ2v) is 3.51. The van der Waals surface area contributed by atoms with Gasteiger partial charge in [0, 0.05) is 12.5 Å². The Labute approximate surface area is 83.9 Å². The summed E-state index contributed by atoms with van der Waals surface area (Å²) in [6, 6.07) is -0.545. The first-order valence-corrected chi connectivity index (χ1v) is 4.62. The maximum Gasteiger partial charge on any atom is 0.320 e. The number of likely N-dealkylation sites (N-methyl/N-ethyl adjacent to an activating group) is 1. The molecule has 1 amide bonds. The molecule has 0 saturated heterocycles. The number of carbonyl (C=O) groups is 2. The molecule has 0 bridgehead atoms. The van der Waals surface area contributed by atoms with E-state index in [0.29, 0.717) is 13.0 Å². The SMILES string of the molecule is CCC(C(=O)O)N(C)CC(C)C(N)=O. The van der Waals surface area contributed by atoms with Crippen LogP contribution in [0.5, 0.6) is 0 Å². The molecule has 0 aromatic carbocycles. The number of carbonyl (C=O) groups excluding carboxylic acids is 1. The standard InChI is InChI=1S/C9H18N2O3/c1-4-7(9(13)14)11(3)5-6(2)8(10)12/h6-7H,4-5H2,1-3H3,(H2,10,12)(H,13,14). The van der Waals surface area contributed by atoms with E-state index in [4.69, 9.17) is 10.8 Å². The van der Waals surface area contributed by atoms with E-state index in [1.54, 1.807) is 25.8 Å². The fourth-order valence-electron chi connectivity index (χ4n) is 1.32. The van der Waals surface area contributed by atoms with Crippen molar-refractivity contribution < 1.29 is 14.7 Å². The number of carboxylic acid groups (broad SMARTS) is 1. The van der Waals surface area contributed by atoms with Crippen molar-refractivity contribution in [3.05, 3.63) is 0 Å². The maximum atomic E-state index is 10.8. The van der Waals surface area contributed by atoms with Crippen LogP contribution in [0.1, 0.15) is 20.3 Å². The van der Waals surface area contributed by atoms with Crippen molar-refractivity contribution in [2.24, 2.45) is 11.7 Å². The highest BCUT2D eigenvalue weighted by Gasteiger charge is 2.23. The number of nitrogens with zero attached hydrogens (tertiary/aromatic N) is 1. The monoisotopic (exact) mass is 202 g/mol. The van der Waals surface area contributed by atoms with Gasteiger partial charge in [0.05, 0.1) is 0 Å². The molecule has 0 radical (unpaired) electrons. The van der Waals surface area contributed by atoms with Crippen molar-refractivity contribution in [3.63, 3.8) is 0 Å². The molecule has 5 nitrogen and oxygen atoms in total. The molecular formula is C9H18N2O3. The summed E-state index contributed by atoms with van der Waals surface area (Å²) < 4.78 is 0. The van der Waals surface area contributed by atoms with Crippen molar-refractivity contribution in [1.29, 1.82) is 0 Å². The van der Waals surface area contributed by atoms with Gasteiger partial charge in [0.15, 0.2) is 0 Å². The van der Waals surface area contributed by atoms with Crippen LogP contribution in [0, 0.1) is 5.92 Å². The number of amides is 1. The average molecular weight is 202 g/mol. The number of carboxylic acids is 1. The number of primary amides is 1. The summed E-state index contributed by atoms with van der Waals surface area (Å²) in [6.45, 7) is 3.86. The lowest BCUT2D eigenvalue weighted by atomic mass is 10.1. The minimum absolute atomic E-state index is 0.326. The van der Waals surface area contributed by atoms with Crippen molar-refractivity contribution in [2.75, 3.05) is 13.6 Å². The third-order valence-corrected chi connectivity index (χ3v) is 2.25. The van der Waals surface area contributed by atoms with Gasteiger partial charge in [-0.3, -0.25) is 14.5 Å². The van der Waals surface area contributed by atoms with Crippen LogP contribution in [0.25, 0.3) is 0 Å². The molecule has 0 saturated carbocycles. The van der Waals surface area contributed by atoms with E-state index in [-0.39, 0.29) is 5.92 Å². The number of nitrogens with two attached hydrogens (primary N) is 1. The summed E-state index contributed by atoms with van der Waals surface area (Å²) in [5.41, 5.74) is 5.09. The Kier molecular flexibility index (Phi) is 5.15. The third-order valence-electron chi connectivity index (χ3n) is 2.25. The first-order chi connectivity index (χ1) is 6.40. The minimum Gasteiger partial charge on any atom is -0.480 e. The molecule has 0 aliphatic rings. The second-order valence-electron chi connectivity index (χ2n) is 3.51. The zero-order valence-electron chi connectivity index (χ0n) is 8.86. The zero-order chi connectivity index (χ0) is 11.3. The van der Waals surface area contributed by atoms with E-state index in [1.807, 2.05) is 0 Å². The van der Waals surface area contributed by atoms with Crippen LogP contribution < -0.4 is 5.73 Å². The van der Waals surface area contributed by atoms with Gasteiger partial charge in [0.2, 0.25) is 5.91 Å². The van der Waals surface area contributed by atoms with Crippen LogP contribution in [0.2, 0.25) is 0 Å². The maximum absolute atomic E-state index is 10.8. The van der Waals surface area contributed by atoms with E-state index in [1.165, 1.54) is 0 Å². The topological polar surface area (TPSA) is 83.6 Å². The van der Waals surface area contributed by atoms with Crippen molar-refractivity contribution in [1.82, 2.24) is 4.90 Å². The predicted molar refractivity (Wildman–Crippen MR) is 52.7 cm³/mol. The van der Waals surface area contributed by atoms with Crippen LogP contribution in [0.4, 0.5) is 0 Å². The van der Waals surface area contributed by atoms with E-state index >= 15 is 0 Å². The Bertz CT molecular complexity index is 218. The quantitative estimate of drug-likeness (QED) is 0.630. The molecule has 0 aromatic rings. The molecule has 5 heteroatoms. The van der Waals surface area contributed by atoms with Gasteiger partial charge in [-0.05, 0) is 13.5 Å². The molecular weight excluding hydrogens is 184 g/mol. The minimum atomic E-state index is -0.869. The summed E-state index contributed by atoms with van der Waals surface area (Å²) in [5, 5.41) is 8.84. The summed E-state index contributed by atoms with van der Waals surface area (Å²) in [4.78, 5) is 23.2. The Morgan fingerprint density at radius 2 is 2.00 bits per heavy atom. The van der Waals surface area contributed by atoms with Gasteiger partial charge in [-0.1, -0.05) is 13.8 Å². The summed E-state index contributed by atoms with van der Waals surface area (Å²) in [7, 11) is 1.68. The first kappa shape index (κ1) is 12.9. The highest BCUT2D eigenvalue weighted by Crippen LogP contribution is 2.05. The fraction of sp³-hybridized carbons (Fsp3) is 0.778. The van der Waals surface area contributed by atoms with Crippen LogP contribution in [-0.4, -0.2) is 41.5 Å². The van der Waals surface area contributed by atoms with Gasteiger partial charge in [0.1, 0.15) is 6.04 Å². The lowest BCUT2D eigenvalue weighted by Gasteiger charge is -2.25. The molecule has 0 aromatic heterocycles. The van der Waals surface area contributed by atoms with Gasteiger partial charge in [0.25, 0.3) is 0 Å². The van der Waals surface area contributed by atoms with Crippen molar-refractivity contribution in [2.45, 2.75) is 26.3 Å². The first-order valence-electron chi connectivity index (χ1n) is 4.62.